The maximum Gasteiger partial charge on any atom is 0.317 e. The first-order valence-corrected chi connectivity index (χ1v) is 7.15. The van der Waals surface area contributed by atoms with Crippen LogP contribution in [0.5, 0.6) is 0 Å². The Balaban J connectivity index is 2.24. The molecule has 0 aliphatic rings. The van der Waals surface area contributed by atoms with Gasteiger partial charge >= 0.3 is 12.0 Å². The Labute approximate surface area is 117 Å². The molecule has 0 fully saturated rings. The Morgan fingerprint density at radius 1 is 1.53 bits per heavy atom. The topological polar surface area (TPSA) is 69.6 Å². The highest BCUT2D eigenvalue weighted by molar-refractivity contribution is 7.07. The summed E-state index contributed by atoms with van der Waals surface area (Å²) in [4.78, 5) is 23.9. The summed E-state index contributed by atoms with van der Waals surface area (Å²) >= 11 is 1.61. The summed E-state index contributed by atoms with van der Waals surface area (Å²) < 4.78 is 0. The van der Waals surface area contributed by atoms with Crippen LogP contribution in [-0.4, -0.2) is 35.6 Å². The van der Waals surface area contributed by atoms with E-state index >= 15 is 0 Å². The zero-order valence-electron chi connectivity index (χ0n) is 11.3. The second-order valence-corrected chi connectivity index (χ2v) is 5.49. The molecule has 0 aliphatic carbocycles. The Morgan fingerprint density at radius 2 is 2.26 bits per heavy atom. The average Bonchev–Trinajstić information content (AvgIpc) is 2.86. The van der Waals surface area contributed by atoms with Gasteiger partial charge in [0.05, 0.1) is 0 Å². The highest BCUT2D eigenvalue weighted by atomic mass is 32.1. The first kappa shape index (κ1) is 15.5. The molecule has 6 heteroatoms. The molecule has 0 spiro atoms. The Hall–Kier alpha value is -1.56. The molecule has 1 atom stereocenters. The van der Waals surface area contributed by atoms with Crippen molar-refractivity contribution in [2.45, 2.75) is 26.3 Å². The van der Waals surface area contributed by atoms with E-state index in [9.17, 15) is 9.59 Å². The van der Waals surface area contributed by atoms with Crippen LogP contribution in [0.25, 0.3) is 0 Å². The highest BCUT2D eigenvalue weighted by Crippen LogP contribution is 2.09. The Morgan fingerprint density at radius 3 is 2.84 bits per heavy atom. The monoisotopic (exact) mass is 284 g/mol. The number of thiophene rings is 1. The van der Waals surface area contributed by atoms with Gasteiger partial charge in [0.25, 0.3) is 0 Å². The summed E-state index contributed by atoms with van der Waals surface area (Å²) in [6.07, 6.45) is 0.714. The van der Waals surface area contributed by atoms with E-state index in [-0.39, 0.29) is 18.4 Å². The summed E-state index contributed by atoms with van der Waals surface area (Å²) in [5.41, 5.74) is 1.11. The molecule has 2 N–H and O–H groups in total. The Bertz CT molecular complexity index is 406. The van der Waals surface area contributed by atoms with Crippen molar-refractivity contribution in [3.8, 4) is 0 Å². The number of carbonyl (C=O) groups excluding carboxylic acids is 1. The summed E-state index contributed by atoms with van der Waals surface area (Å²) in [6, 6.07) is 1.86. The van der Waals surface area contributed by atoms with Gasteiger partial charge in [-0.05, 0) is 34.7 Å². The third kappa shape index (κ3) is 6.24. The third-order valence-electron chi connectivity index (χ3n) is 2.80. The third-order valence-corrected chi connectivity index (χ3v) is 3.53. The van der Waals surface area contributed by atoms with Gasteiger partial charge < -0.3 is 15.3 Å². The van der Waals surface area contributed by atoms with Crippen LogP contribution in [-0.2, 0) is 11.3 Å². The van der Waals surface area contributed by atoms with E-state index in [1.165, 1.54) is 0 Å². The van der Waals surface area contributed by atoms with Crippen molar-refractivity contribution in [2.75, 3.05) is 13.6 Å². The normalized spacial score (nSPS) is 11.9. The quantitative estimate of drug-likeness (QED) is 0.807. The molecule has 1 heterocycles. The molecule has 19 heavy (non-hydrogen) atoms. The fourth-order valence-corrected chi connectivity index (χ4v) is 2.26. The molecule has 0 radical (unpaired) electrons. The van der Waals surface area contributed by atoms with Gasteiger partial charge in [0.2, 0.25) is 0 Å². The molecular weight excluding hydrogens is 264 g/mol. The predicted molar refractivity (Wildman–Crippen MR) is 75.2 cm³/mol. The van der Waals surface area contributed by atoms with Crippen molar-refractivity contribution in [1.29, 1.82) is 0 Å². The standard InChI is InChI=1S/C13H20N2O3S/c1-10(3-4-12(16)17)7-14-13(18)15(2)8-11-5-6-19-9-11/h5-6,9-10H,3-4,7-8H2,1-2H3,(H,14,18)(H,16,17). The maximum atomic E-state index is 11.8. The SMILES string of the molecule is CC(CCC(=O)O)CNC(=O)N(C)Cc1ccsc1. The van der Waals surface area contributed by atoms with Crippen molar-refractivity contribution in [2.24, 2.45) is 5.92 Å². The van der Waals surface area contributed by atoms with Gasteiger partial charge in [0.1, 0.15) is 0 Å². The lowest BCUT2D eigenvalue weighted by atomic mass is 10.1. The minimum absolute atomic E-state index is 0.131. The zero-order chi connectivity index (χ0) is 14.3. The van der Waals surface area contributed by atoms with E-state index in [2.05, 4.69) is 5.32 Å². The molecule has 1 aromatic heterocycles. The van der Waals surface area contributed by atoms with Crippen LogP contribution in [0, 0.1) is 5.92 Å². The molecule has 5 nitrogen and oxygen atoms in total. The van der Waals surface area contributed by atoms with E-state index in [1.54, 1.807) is 23.3 Å². The number of amides is 2. The molecule has 2 amide bonds. The summed E-state index contributed by atoms with van der Waals surface area (Å²) in [5, 5.41) is 15.4. The number of aliphatic carboxylic acids is 1. The van der Waals surface area contributed by atoms with Crippen LogP contribution in [0.15, 0.2) is 16.8 Å². The number of hydrogen-bond donors (Lipinski definition) is 2. The minimum Gasteiger partial charge on any atom is -0.481 e. The Kier molecular flexibility index (Phi) is 6.35. The van der Waals surface area contributed by atoms with E-state index < -0.39 is 5.97 Å². The number of rotatable bonds is 7. The number of carboxylic acid groups (broad SMARTS) is 1. The number of urea groups is 1. The fraction of sp³-hybridized carbons (Fsp3) is 0.538. The van der Waals surface area contributed by atoms with Gasteiger partial charge in [-0.1, -0.05) is 6.92 Å². The lowest BCUT2D eigenvalue weighted by Crippen LogP contribution is -2.38. The molecule has 1 aromatic rings. The predicted octanol–water partition coefficient (Wildman–Crippen LogP) is 2.39. The largest absolute Gasteiger partial charge is 0.481 e. The van der Waals surface area contributed by atoms with E-state index in [1.807, 2.05) is 23.8 Å². The smallest absolute Gasteiger partial charge is 0.317 e. The van der Waals surface area contributed by atoms with Crippen LogP contribution in [0.3, 0.4) is 0 Å². The number of nitrogens with zero attached hydrogens (tertiary/aromatic N) is 1. The van der Waals surface area contributed by atoms with Gasteiger partial charge in [-0.15, -0.1) is 0 Å². The number of carbonyl (C=O) groups is 2. The van der Waals surface area contributed by atoms with Crippen LogP contribution >= 0.6 is 11.3 Å². The molecule has 106 valence electrons. The number of carboxylic acids is 1. The molecule has 1 unspecified atom stereocenters. The van der Waals surface area contributed by atoms with Crippen molar-refractivity contribution < 1.29 is 14.7 Å². The molecule has 0 aliphatic heterocycles. The molecule has 0 saturated heterocycles. The van der Waals surface area contributed by atoms with Crippen LogP contribution < -0.4 is 5.32 Å². The molecular formula is C13H20N2O3S. The van der Waals surface area contributed by atoms with Crippen molar-refractivity contribution in [3.63, 3.8) is 0 Å². The first-order chi connectivity index (χ1) is 8.99. The van der Waals surface area contributed by atoms with Crippen molar-refractivity contribution >= 4 is 23.3 Å². The molecule has 0 bridgehead atoms. The maximum absolute atomic E-state index is 11.8. The second-order valence-electron chi connectivity index (χ2n) is 4.71. The lowest BCUT2D eigenvalue weighted by Gasteiger charge is -2.19. The zero-order valence-corrected chi connectivity index (χ0v) is 12.1. The van der Waals surface area contributed by atoms with Crippen LogP contribution in [0.1, 0.15) is 25.3 Å². The van der Waals surface area contributed by atoms with E-state index in [4.69, 9.17) is 5.11 Å². The number of hydrogen-bond acceptors (Lipinski definition) is 3. The van der Waals surface area contributed by atoms with Gasteiger partial charge in [0, 0.05) is 26.6 Å². The van der Waals surface area contributed by atoms with Crippen LogP contribution in [0.4, 0.5) is 4.79 Å². The van der Waals surface area contributed by atoms with Crippen molar-refractivity contribution in [1.82, 2.24) is 10.2 Å². The summed E-state index contributed by atoms with van der Waals surface area (Å²) in [6.45, 7) is 3.01. The minimum atomic E-state index is -0.798. The van der Waals surface area contributed by atoms with E-state index in [0.717, 1.165) is 5.56 Å². The average molecular weight is 284 g/mol. The lowest BCUT2D eigenvalue weighted by molar-refractivity contribution is -0.137. The highest BCUT2D eigenvalue weighted by Gasteiger charge is 2.11. The number of nitrogens with one attached hydrogen (secondary N) is 1. The second kappa shape index (κ2) is 7.78. The summed E-state index contributed by atoms with van der Waals surface area (Å²) in [5.74, 6) is -0.637. The molecule has 0 saturated carbocycles. The van der Waals surface area contributed by atoms with Gasteiger partial charge in [-0.25, -0.2) is 4.79 Å². The summed E-state index contributed by atoms with van der Waals surface area (Å²) in [7, 11) is 1.74. The van der Waals surface area contributed by atoms with Gasteiger partial charge in [-0.3, -0.25) is 4.79 Å². The molecule has 0 aromatic carbocycles. The van der Waals surface area contributed by atoms with Gasteiger partial charge in [0.15, 0.2) is 0 Å². The van der Waals surface area contributed by atoms with Crippen LogP contribution in [0.2, 0.25) is 0 Å². The molecule has 1 rings (SSSR count). The first-order valence-electron chi connectivity index (χ1n) is 6.21. The van der Waals surface area contributed by atoms with E-state index in [0.29, 0.717) is 19.5 Å². The van der Waals surface area contributed by atoms with Gasteiger partial charge in [-0.2, -0.15) is 11.3 Å². The fourth-order valence-electron chi connectivity index (χ4n) is 1.60. The van der Waals surface area contributed by atoms with Crippen molar-refractivity contribution in [3.05, 3.63) is 22.4 Å².